The Bertz CT molecular complexity index is 856. The van der Waals surface area contributed by atoms with Crippen LogP contribution in [0.4, 0.5) is 0 Å². The van der Waals surface area contributed by atoms with E-state index in [9.17, 15) is 4.79 Å². The third-order valence-corrected chi connectivity index (χ3v) is 7.97. The minimum absolute atomic E-state index is 0.0425. The van der Waals surface area contributed by atoms with Crippen LogP contribution in [0.15, 0.2) is 33.3 Å². The summed E-state index contributed by atoms with van der Waals surface area (Å²) in [5.41, 5.74) is 0.923. The van der Waals surface area contributed by atoms with Crippen LogP contribution in [0.5, 0.6) is 0 Å². The van der Waals surface area contributed by atoms with Gasteiger partial charge in [0.15, 0.2) is 0 Å². The summed E-state index contributed by atoms with van der Waals surface area (Å²) in [5.74, 6) is 2.45. The Hall–Kier alpha value is -1.38. The smallest absolute Gasteiger partial charge is 0.241 e. The molecule has 1 amide bonds. The molecule has 0 bridgehead atoms. The molecule has 2 fully saturated rings. The molecule has 4 rings (SSSR count). The first-order valence-electron chi connectivity index (χ1n) is 11.4. The summed E-state index contributed by atoms with van der Waals surface area (Å²) in [7, 11) is 0. The normalized spacial score (nSPS) is 20.6. The van der Waals surface area contributed by atoms with Gasteiger partial charge in [-0.15, -0.1) is 0 Å². The third-order valence-electron chi connectivity index (χ3n) is 6.09. The van der Waals surface area contributed by atoms with Gasteiger partial charge >= 0.3 is 0 Å². The fraction of sp³-hybridized carbons (Fsp3) is 0.609. The van der Waals surface area contributed by atoms with Gasteiger partial charge in [-0.1, -0.05) is 52.5 Å². The van der Waals surface area contributed by atoms with Crippen molar-refractivity contribution in [2.45, 2.75) is 56.7 Å². The molecule has 1 N–H and O–H groups in total. The number of aromatic nitrogens is 2. The molecule has 1 aromatic carbocycles. The summed E-state index contributed by atoms with van der Waals surface area (Å²) in [4.78, 5) is 19.5. The largest absolute Gasteiger partial charge is 0.355 e. The van der Waals surface area contributed by atoms with E-state index in [4.69, 9.17) is 4.52 Å². The van der Waals surface area contributed by atoms with E-state index in [1.54, 1.807) is 0 Å². The Kier molecular flexibility index (Phi) is 8.44. The van der Waals surface area contributed by atoms with Crippen molar-refractivity contribution < 1.29 is 9.32 Å². The molecule has 2 aromatic rings. The first-order chi connectivity index (χ1) is 15.2. The Morgan fingerprint density at radius 2 is 2.10 bits per heavy atom. The summed E-state index contributed by atoms with van der Waals surface area (Å²) in [5, 5.41) is 8.08. The van der Waals surface area contributed by atoms with Gasteiger partial charge in [0.05, 0.1) is 12.5 Å². The number of halogens is 1. The number of thioether (sulfide) groups is 1. The molecule has 2 heterocycles. The van der Waals surface area contributed by atoms with Gasteiger partial charge in [0.25, 0.3) is 0 Å². The van der Waals surface area contributed by atoms with E-state index in [0.717, 1.165) is 53.5 Å². The second-order valence-corrected chi connectivity index (χ2v) is 10.8. The predicted molar refractivity (Wildman–Crippen MR) is 128 cm³/mol. The average molecular weight is 507 g/mol. The Morgan fingerprint density at radius 3 is 2.94 bits per heavy atom. The Balaban J connectivity index is 1.21. The average Bonchev–Trinajstić information content (AvgIpc) is 3.26. The van der Waals surface area contributed by atoms with E-state index in [-0.39, 0.29) is 11.8 Å². The molecule has 8 heteroatoms. The number of rotatable bonds is 8. The molecule has 1 saturated carbocycles. The highest BCUT2D eigenvalue weighted by atomic mass is 79.9. The zero-order valence-corrected chi connectivity index (χ0v) is 20.3. The molecule has 0 spiro atoms. The summed E-state index contributed by atoms with van der Waals surface area (Å²) in [6, 6.07) is 7.87. The quantitative estimate of drug-likeness (QED) is 0.513. The number of hydrogen-bond donors (Lipinski definition) is 1. The van der Waals surface area contributed by atoms with E-state index in [1.165, 1.54) is 32.1 Å². The van der Waals surface area contributed by atoms with Crippen LogP contribution in [0, 0.1) is 5.92 Å². The number of benzene rings is 1. The molecule has 1 unspecified atom stereocenters. The molecule has 1 atom stereocenters. The van der Waals surface area contributed by atoms with Crippen molar-refractivity contribution in [2.24, 2.45) is 5.92 Å². The number of nitrogens with one attached hydrogen (secondary N) is 1. The number of piperidine rings is 1. The summed E-state index contributed by atoms with van der Waals surface area (Å²) < 4.78 is 6.46. The molecule has 168 valence electrons. The molecule has 2 aliphatic rings. The van der Waals surface area contributed by atoms with Crippen molar-refractivity contribution in [3.05, 3.63) is 34.6 Å². The van der Waals surface area contributed by atoms with E-state index in [0.29, 0.717) is 18.3 Å². The standard InChI is InChI=1S/C23H31BrN4O2S/c24-19-8-4-6-17(14-19)22-26-21(30-27-22)16-28-12-5-7-18(15-28)23(29)25-11-13-31-20-9-2-1-3-10-20/h4,6,8,14,18,20H,1-3,5,7,9-13,15-16H2,(H,25,29). The topological polar surface area (TPSA) is 71.3 Å². The minimum atomic E-state index is 0.0425. The second-order valence-electron chi connectivity index (χ2n) is 8.52. The van der Waals surface area contributed by atoms with Crippen molar-refractivity contribution >= 4 is 33.6 Å². The number of nitrogens with zero attached hydrogens (tertiary/aromatic N) is 3. The molecule has 6 nitrogen and oxygen atoms in total. The van der Waals surface area contributed by atoms with Crippen molar-refractivity contribution in [1.82, 2.24) is 20.4 Å². The number of amides is 1. The van der Waals surface area contributed by atoms with Gasteiger partial charge in [-0.2, -0.15) is 16.7 Å². The van der Waals surface area contributed by atoms with E-state index in [2.05, 4.69) is 36.3 Å². The van der Waals surface area contributed by atoms with E-state index >= 15 is 0 Å². The fourth-order valence-electron chi connectivity index (χ4n) is 4.44. The highest BCUT2D eigenvalue weighted by Gasteiger charge is 2.27. The van der Waals surface area contributed by atoms with E-state index < -0.39 is 0 Å². The summed E-state index contributed by atoms with van der Waals surface area (Å²) in [6.07, 6.45) is 8.77. The third kappa shape index (κ3) is 6.80. The highest BCUT2D eigenvalue weighted by molar-refractivity contribution is 9.10. The highest BCUT2D eigenvalue weighted by Crippen LogP contribution is 2.28. The molecule has 1 aromatic heterocycles. The molecule has 1 aliphatic carbocycles. The lowest BCUT2D eigenvalue weighted by Gasteiger charge is -2.31. The maximum Gasteiger partial charge on any atom is 0.241 e. The Labute approximate surface area is 197 Å². The number of carbonyl (C=O) groups excluding carboxylic acids is 1. The fourth-order valence-corrected chi connectivity index (χ4v) is 6.06. The molecule has 31 heavy (non-hydrogen) atoms. The number of carbonyl (C=O) groups is 1. The molecule has 1 saturated heterocycles. The van der Waals surface area contributed by atoms with Gasteiger partial charge < -0.3 is 9.84 Å². The SMILES string of the molecule is O=C(NCCSC1CCCCC1)C1CCCN(Cc2nc(-c3cccc(Br)c3)no2)C1. The van der Waals surface area contributed by atoms with Crippen LogP contribution < -0.4 is 5.32 Å². The van der Waals surface area contributed by atoms with E-state index in [1.807, 2.05) is 36.0 Å². The zero-order chi connectivity index (χ0) is 21.5. The van der Waals surface area contributed by atoms with Gasteiger partial charge in [-0.05, 0) is 44.4 Å². The number of likely N-dealkylation sites (tertiary alicyclic amines) is 1. The molecular formula is C23H31BrN4O2S. The summed E-state index contributed by atoms with van der Waals surface area (Å²) in [6.45, 7) is 3.06. The predicted octanol–water partition coefficient (Wildman–Crippen LogP) is 4.89. The molecule has 0 radical (unpaired) electrons. The monoisotopic (exact) mass is 506 g/mol. The summed E-state index contributed by atoms with van der Waals surface area (Å²) >= 11 is 5.51. The lowest BCUT2D eigenvalue weighted by atomic mass is 9.97. The maximum absolute atomic E-state index is 12.7. The molecule has 1 aliphatic heterocycles. The van der Waals surface area contributed by atoms with Crippen LogP contribution in [0.3, 0.4) is 0 Å². The van der Waals surface area contributed by atoms with Crippen LogP contribution in [-0.2, 0) is 11.3 Å². The van der Waals surface area contributed by atoms with Gasteiger partial charge in [0.1, 0.15) is 0 Å². The van der Waals surface area contributed by atoms with Crippen LogP contribution >= 0.6 is 27.7 Å². The van der Waals surface area contributed by atoms with Crippen molar-refractivity contribution in [1.29, 1.82) is 0 Å². The van der Waals surface area contributed by atoms with Crippen molar-refractivity contribution in [2.75, 3.05) is 25.4 Å². The maximum atomic E-state index is 12.7. The van der Waals surface area contributed by atoms with Crippen molar-refractivity contribution in [3.8, 4) is 11.4 Å². The Morgan fingerprint density at radius 1 is 1.23 bits per heavy atom. The van der Waals surface area contributed by atoms with Gasteiger partial charge in [0.2, 0.25) is 17.6 Å². The lowest BCUT2D eigenvalue weighted by molar-refractivity contribution is -0.126. The van der Waals surface area contributed by atoms with Gasteiger partial charge in [0, 0.05) is 34.1 Å². The van der Waals surface area contributed by atoms with Crippen LogP contribution in [0.25, 0.3) is 11.4 Å². The van der Waals surface area contributed by atoms with Crippen molar-refractivity contribution in [3.63, 3.8) is 0 Å². The van der Waals surface area contributed by atoms with Crippen LogP contribution in [0.1, 0.15) is 50.8 Å². The first-order valence-corrected chi connectivity index (χ1v) is 13.2. The van der Waals surface area contributed by atoms with Crippen LogP contribution in [-0.4, -0.2) is 51.6 Å². The van der Waals surface area contributed by atoms with Gasteiger partial charge in [-0.3, -0.25) is 9.69 Å². The number of hydrogen-bond acceptors (Lipinski definition) is 6. The first kappa shape index (κ1) is 22.8. The second kappa shape index (κ2) is 11.5. The van der Waals surface area contributed by atoms with Crippen LogP contribution in [0.2, 0.25) is 0 Å². The lowest BCUT2D eigenvalue weighted by Crippen LogP contribution is -2.43. The zero-order valence-electron chi connectivity index (χ0n) is 17.9. The minimum Gasteiger partial charge on any atom is -0.355 e. The van der Waals surface area contributed by atoms with Gasteiger partial charge in [-0.25, -0.2) is 0 Å². The molecular weight excluding hydrogens is 476 g/mol.